The van der Waals surface area contributed by atoms with E-state index in [2.05, 4.69) is 20.6 Å². The molecule has 0 aromatic carbocycles. The van der Waals surface area contributed by atoms with E-state index in [1.165, 1.54) is 0 Å². The SMILES string of the molecule is CC(NCc1cnc[nH]1)C(=O)NC1CC1. The van der Waals surface area contributed by atoms with Gasteiger partial charge in [-0.2, -0.15) is 0 Å². The number of aromatic nitrogens is 2. The van der Waals surface area contributed by atoms with Crippen LogP contribution in [0.2, 0.25) is 0 Å². The first-order valence-electron chi connectivity index (χ1n) is 5.26. The van der Waals surface area contributed by atoms with Crippen molar-refractivity contribution in [3.8, 4) is 0 Å². The third-order valence-corrected chi connectivity index (χ3v) is 2.47. The molecule has 0 spiro atoms. The van der Waals surface area contributed by atoms with Crippen LogP contribution in [-0.4, -0.2) is 28.0 Å². The Labute approximate surface area is 88.7 Å². The van der Waals surface area contributed by atoms with E-state index in [-0.39, 0.29) is 11.9 Å². The zero-order chi connectivity index (χ0) is 10.7. The molecule has 15 heavy (non-hydrogen) atoms. The van der Waals surface area contributed by atoms with Crippen LogP contribution in [0, 0.1) is 0 Å². The summed E-state index contributed by atoms with van der Waals surface area (Å²) >= 11 is 0. The lowest BCUT2D eigenvalue weighted by atomic mass is 10.3. The Kier molecular flexibility index (Phi) is 3.01. The van der Waals surface area contributed by atoms with E-state index < -0.39 is 0 Å². The van der Waals surface area contributed by atoms with Crippen LogP contribution in [0.1, 0.15) is 25.5 Å². The molecule has 1 aromatic heterocycles. The maximum absolute atomic E-state index is 11.6. The van der Waals surface area contributed by atoms with Crippen molar-refractivity contribution in [3.63, 3.8) is 0 Å². The van der Waals surface area contributed by atoms with Crippen molar-refractivity contribution in [2.24, 2.45) is 0 Å². The minimum Gasteiger partial charge on any atom is -0.352 e. The number of carbonyl (C=O) groups is 1. The number of imidazole rings is 1. The van der Waals surface area contributed by atoms with Crippen LogP contribution < -0.4 is 10.6 Å². The number of rotatable bonds is 5. The molecule has 0 bridgehead atoms. The van der Waals surface area contributed by atoms with E-state index in [0.717, 1.165) is 18.5 Å². The molecule has 1 unspecified atom stereocenters. The summed E-state index contributed by atoms with van der Waals surface area (Å²) in [5.74, 6) is 0.0806. The quantitative estimate of drug-likeness (QED) is 0.646. The summed E-state index contributed by atoms with van der Waals surface area (Å²) in [4.78, 5) is 18.4. The highest BCUT2D eigenvalue weighted by Crippen LogP contribution is 2.18. The highest BCUT2D eigenvalue weighted by molar-refractivity contribution is 5.81. The molecule has 1 aromatic rings. The fraction of sp³-hybridized carbons (Fsp3) is 0.600. The topological polar surface area (TPSA) is 69.8 Å². The van der Waals surface area contributed by atoms with Gasteiger partial charge in [0.2, 0.25) is 5.91 Å². The van der Waals surface area contributed by atoms with Crippen LogP contribution in [0.5, 0.6) is 0 Å². The summed E-state index contributed by atoms with van der Waals surface area (Å²) in [5, 5.41) is 6.09. The lowest BCUT2D eigenvalue weighted by Gasteiger charge is -2.12. The molecule has 1 saturated carbocycles. The Hall–Kier alpha value is -1.36. The largest absolute Gasteiger partial charge is 0.352 e. The fourth-order valence-corrected chi connectivity index (χ4v) is 1.29. The monoisotopic (exact) mass is 208 g/mol. The highest BCUT2D eigenvalue weighted by Gasteiger charge is 2.25. The van der Waals surface area contributed by atoms with E-state index in [0.29, 0.717) is 12.6 Å². The Morgan fingerprint density at radius 1 is 1.73 bits per heavy atom. The molecule has 2 rings (SSSR count). The minimum atomic E-state index is -0.158. The average molecular weight is 208 g/mol. The first-order chi connectivity index (χ1) is 7.25. The van der Waals surface area contributed by atoms with Crippen LogP contribution in [0.25, 0.3) is 0 Å². The number of amides is 1. The first kappa shape index (κ1) is 10.2. The molecule has 5 nitrogen and oxygen atoms in total. The van der Waals surface area contributed by atoms with E-state index in [9.17, 15) is 4.79 Å². The number of nitrogens with zero attached hydrogens (tertiary/aromatic N) is 1. The van der Waals surface area contributed by atoms with Crippen LogP contribution in [0.15, 0.2) is 12.5 Å². The molecule has 1 fully saturated rings. The summed E-state index contributed by atoms with van der Waals surface area (Å²) in [5.41, 5.74) is 0.987. The van der Waals surface area contributed by atoms with Crippen LogP contribution in [0.4, 0.5) is 0 Å². The van der Waals surface area contributed by atoms with Crippen molar-refractivity contribution >= 4 is 5.91 Å². The van der Waals surface area contributed by atoms with Gasteiger partial charge >= 0.3 is 0 Å². The van der Waals surface area contributed by atoms with E-state index in [4.69, 9.17) is 0 Å². The van der Waals surface area contributed by atoms with E-state index in [1.807, 2.05) is 6.92 Å². The third kappa shape index (κ3) is 3.06. The number of hydrogen-bond donors (Lipinski definition) is 3. The van der Waals surface area contributed by atoms with Crippen LogP contribution in [-0.2, 0) is 11.3 Å². The second kappa shape index (κ2) is 4.44. The number of carbonyl (C=O) groups excluding carboxylic acids is 1. The molecule has 1 heterocycles. The Morgan fingerprint density at radius 2 is 2.53 bits per heavy atom. The standard InChI is InChI=1S/C10H16N4O/c1-7(10(15)14-8-2-3-8)12-5-9-4-11-6-13-9/h4,6-8,12H,2-3,5H2,1H3,(H,11,13)(H,14,15). The Morgan fingerprint density at radius 3 is 3.13 bits per heavy atom. The van der Waals surface area contributed by atoms with Gasteiger partial charge in [0.05, 0.1) is 12.4 Å². The fourth-order valence-electron chi connectivity index (χ4n) is 1.29. The summed E-state index contributed by atoms with van der Waals surface area (Å²) < 4.78 is 0. The van der Waals surface area contributed by atoms with Crippen molar-refractivity contribution in [1.29, 1.82) is 0 Å². The minimum absolute atomic E-state index is 0.0806. The second-order valence-electron chi connectivity index (χ2n) is 3.96. The molecule has 1 aliphatic rings. The second-order valence-corrected chi connectivity index (χ2v) is 3.96. The van der Waals surface area contributed by atoms with E-state index in [1.54, 1.807) is 12.5 Å². The molecule has 1 amide bonds. The summed E-state index contributed by atoms with van der Waals surface area (Å²) in [6, 6.07) is 0.266. The average Bonchev–Trinajstić information content (AvgIpc) is 2.88. The van der Waals surface area contributed by atoms with Crippen LogP contribution >= 0.6 is 0 Å². The smallest absolute Gasteiger partial charge is 0.237 e. The van der Waals surface area contributed by atoms with Gasteiger partial charge in [-0.25, -0.2) is 4.98 Å². The Bertz CT molecular complexity index is 318. The van der Waals surface area contributed by atoms with Gasteiger partial charge < -0.3 is 15.6 Å². The highest BCUT2D eigenvalue weighted by atomic mass is 16.2. The molecule has 3 N–H and O–H groups in total. The molecule has 0 radical (unpaired) electrons. The van der Waals surface area contributed by atoms with Gasteiger partial charge in [0.25, 0.3) is 0 Å². The van der Waals surface area contributed by atoms with Crippen molar-refractivity contribution in [3.05, 3.63) is 18.2 Å². The predicted molar refractivity (Wildman–Crippen MR) is 56.1 cm³/mol. The Balaban J connectivity index is 1.71. The molecule has 0 aliphatic heterocycles. The van der Waals surface area contributed by atoms with Crippen molar-refractivity contribution in [2.75, 3.05) is 0 Å². The summed E-state index contributed by atoms with van der Waals surface area (Å²) in [7, 11) is 0. The maximum Gasteiger partial charge on any atom is 0.237 e. The van der Waals surface area contributed by atoms with Crippen molar-refractivity contribution in [2.45, 2.75) is 38.4 Å². The zero-order valence-corrected chi connectivity index (χ0v) is 8.79. The van der Waals surface area contributed by atoms with E-state index >= 15 is 0 Å². The van der Waals surface area contributed by atoms with Crippen LogP contribution in [0.3, 0.4) is 0 Å². The first-order valence-corrected chi connectivity index (χ1v) is 5.26. The maximum atomic E-state index is 11.6. The number of H-pyrrole nitrogens is 1. The van der Waals surface area contributed by atoms with Gasteiger partial charge in [-0.1, -0.05) is 0 Å². The lowest BCUT2D eigenvalue weighted by Crippen LogP contribution is -2.42. The molecule has 1 aliphatic carbocycles. The lowest BCUT2D eigenvalue weighted by molar-refractivity contribution is -0.122. The van der Waals surface area contributed by atoms with Gasteiger partial charge in [-0.15, -0.1) is 0 Å². The third-order valence-electron chi connectivity index (χ3n) is 2.47. The van der Waals surface area contributed by atoms with Gasteiger partial charge in [0, 0.05) is 24.5 Å². The molecule has 0 saturated heterocycles. The molecule has 82 valence electrons. The number of hydrogen-bond acceptors (Lipinski definition) is 3. The zero-order valence-electron chi connectivity index (χ0n) is 8.79. The summed E-state index contributed by atoms with van der Waals surface area (Å²) in [6.07, 6.45) is 5.63. The van der Waals surface area contributed by atoms with Crippen molar-refractivity contribution < 1.29 is 4.79 Å². The summed E-state index contributed by atoms with van der Waals surface area (Å²) in [6.45, 7) is 2.51. The molecular formula is C10H16N4O. The van der Waals surface area contributed by atoms with Gasteiger partial charge in [-0.05, 0) is 19.8 Å². The number of nitrogens with one attached hydrogen (secondary N) is 3. The molecular weight excluding hydrogens is 192 g/mol. The molecule has 1 atom stereocenters. The number of aromatic amines is 1. The van der Waals surface area contributed by atoms with Crippen molar-refractivity contribution in [1.82, 2.24) is 20.6 Å². The van der Waals surface area contributed by atoms with Gasteiger partial charge in [-0.3, -0.25) is 4.79 Å². The predicted octanol–water partition coefficient (Wildman–Crippen LogP) is 0.166. The van der Waals surface area contributed by atoms with Gasteiger partial charge in [0.1, 0.15) is 0 Å². The normalized spacial score (nSPS) is 17.4. The molecule has 5 heteroatoms. The van der Waals surface area contributed by atoms with Gasteiger partial charge in [0.15, 0.2) is 0 Å².